The van der Waals surface area contributed by atoms with Crippen LogP contribution >= 0.6 is 0 Å². The van der Waals surface area contributed by atoms with E-state index in [0.717, 1.165) is 19.1 Å². The Morgan fingerprint density at radius 3 is 2.43 bits per heavy atom. The summed E-state index contributed by atoms with van der Waals surface area (Å²) in [6, 6.07) is 0. The topological polar surface area (TPSA) is 34.1 Å². The first kappa shape index (κ1) is 13.3. The van der Waals surface area contributed by atoms with Crippen molar-refractivity contribution in [3.05, 3.63) is 0 Å². The molecule has 2 nitrogen and oxygen atoms in total. The summed E-state index contributed by atoms with van der Waals surface area (Å²) in [5.41, 5.74) is 0. The van der Waals surface area contributed by atoms with Gasteiger partial charge in [-0.15, -0.1) is 0 Å². The highest BCUT2D eigenvalue weighted by molar-refractivity contribution is 5.82. The lowest BCUT2D eigenvalue weighted by Crippen LogP contribution is -2.10. The van der Waals surface area contributed by atoms with Crippen LogP contribution in [0.4, 0.5) is 0 Å². The van der Waals surface area contributed by atoms with Gasteiger partial charge in [-0.25, -0.2) is 0 Å². The van der Waals surface area contributed by atoms with E-state index < -0.39 is 0 Å². The van der Waals surface area contributed by atoms with Gasteiger partial charge in [-0.3, -0.25) is 4.79 Å². The molecule has 0 aliphatic carbocycles. The molecule has 0 radical (unpaired) electrons. The van der Waals surface area contributed by atoms with Crippen molar-refractivity contribution in [1.82, 2.24) is 0 Å². The predicted molar refractivity (Wildman–Crippen MR) is 58.2 cm³/mol. The zero-order chi connectivity index (χ0) is 10.8. The van der Waals surface area contributed by atoms with Crippen LogP contribution in [-0.2, 0) is 9.59 Å². The Bertz CT molecular complexity index is 164. The standard InChI is InChI=1S/C12H22O2/c1-3-4-5-6-7-8-12(14)11(2)9-10-13/h10-11H,3-9H2,1-2H3. The molecule has 0 N–H and O–H groups in total. The normalized spacial score (nSPS) is 12.4. The molecule has 0 saturated heterocycles. The van der Waals surface area contributed by atoms with Gasteiger partial charge in [-0.05, 0) is 6.42 Å². The van der Waals surface area contributed by atoms with Crippen molar-refractivity contribution in [1.29, 1.82) is 0 Å². The molecular formula is C12H22O2. The van der Waals surface area contributed by atoms with Gasteiger partial charge in [0.2, 0.25) is 0 Å². The summed E-state index contributed by atoms with van der Waals surface area (Å²) < 4.78 is 0. The Morgan fingerprint density at radius 2 is 1.86 bits per heavy atom. The lowest BCUT2D eigenvalue weighted by Gasteiger charge is -2.05. The van der Waals surface area contributed by atoms with Gasteiger partial charge in [0.15, 0.2) is 0 Å². The molecular weight excluding hydrogens is 176 g/mol. The third-order valence-electron chi connectivity index (χ3n) is 2.53. The Balaban J connectivity index is 3.38. The highest BCUT2D eigenvalue weighted by atomic mass is 16.1. The van der Waals surface area contributed by atoms with Crippen molar-refractivity contribution < 1.29 is 9.59 Å². The third-order valence-corrected chi connectivity index (χ3v) is 2.53. The summed E-state index contributed by atoms with van der Waals surface area (Å²) >= 11 is 0. The van der Waals surface area contributed by atoms with Gasteiger partial charge in [-0.1, -0.05) is 39.5 Å². The van der Waals surface area contributed by atoms with E-state index in [1.54, 1.807) is 0 Å². The first-order valence-electron chi connectivity index (χ1n) is 5.68. The maximum absolute atomic E-state index is 11.4. The lowest BCUT2D eigenvalue weighted by molar-refractivity contribution is -0.124. The molecule has 0 aromatic heterocycles. The number of carbonyl (C=O) groups excluding carboxylic acids is 2. The number of Topliss-reactive ketones (excluding diaryl/α,β-unsaturated/α-hetero) is 1. The number of hydrogen-bond acceptors (Lipinski definition) is 2. The zero-order valence-corrected chi connectivity index (χ0v) is 9.42. The molecule has 1 unspecified atom stereocenters. The summed E-state index contributed by atoms with van der Waals surface area (Å²) in [4.78, 5) is 21.6. The minimum atomic E-state index is -0.0707. The molecule has 14 heavy (non-hydrogen) atoms. The van der Waals surface area contributed by atoms with Crippen molar-refractivity contribution in [3.8, 4) is 0 Å². The molecule has 0 spiro atoms. The number of hydrogen-bond donors (Lipinski definition) is 0. The molecule has 0 aliphatic heterocycles. The Labute approximate surface area is 87.1 Å². The van der Waals surface area contributed by atoms with Crippen molar-refractivity contribution in [2.24, 2.45) is 5.92 Å². The minimum Gasteiger partial charge on any atom is -0.303 e. The third kappa shape index (κ3) is 6.81. The summed E-state index contributed by atoms with van der Waals surface area (Å²) in [5, 5.41) is 0. The van der Waals surface area contributed by atoms with Crippen molar-refractivity contribution in [3.63, 3.8) is 0 Å². The number of carbonyl (C=O) groups is 2. The fourth-order valence-corrected chi connectivity index (χ4v) is 1.42. The Kier molecular flexibility index (Phi) is 8.50. The Hall–Kier alpha value is -0.660. The molecule has 0 bridgehead atoms. The van der Waals surface area contributed by atoms with Crippen LogP contribution in [0.15, 0.2) is 0 Å². The van der Waals surface area contributed by atoms with Gasteiger partial charge in [0.1, 0.15) is 12.1 Å². The van der Waals surface area contributed by atoms with Crippen molar-refractivity contribution in [2.75, 3.05) is 0 Å². The Morgan fingerprint density at radius 1 is 1.21 bits per heavy atom. The van der Waals surface area contributed by atoms with Crippen LogP contribution in [0.1, 0.15) is 58.8 Å². The maximum atomic E-state index is 11.4. The molecule has 1 atom stereocenters. The summed E-state index contributed by atoms with van der Waals surface area (Å²) in [6.45, 7) is 4.01. The van der Waals surface area contributed by atoms with Crippen molar-refractivity contribution in [2.45, 2.75) is 58.8 Å². The van der Waals surface area contributed by atoms with E-state index in [-0.39, 0.29) is 11.7 Å². The number of unbranched alkanes of at least 4 members (excludes halogenated alkanes) is 4. The molecule has 0 fully saturated rings. The van der Waals surface area contributed by atoms with Crippen molar-refractivity contribution >= 4 is 12.1 Å². The fourth-order valence-electron chi connectivity index (χ4n) is 1.42. The quantitative estimate of drug-likeness (QED) is 0.421. The average Bonchev–Trinajstić information content (AvgIpc) is 2.17. The summed E-state index contributed by atoms with van der Waals surface area (Å²) in [7, 11) is 0. The van der Waals surface area contributed by atoms with Gasteiger partial charge in [0, 0.05) is 18.8 Å². The minimum absolute atomic E-state index is 0.0707. The highest BCUT2D eigenvalue weighted by Crippen LogP contribution is 2.10. The zero-order valence-electron chi connectivity index (χ0n) is 9.42. The fraction of sp³-hybridized carbons (Fsp3) is 0.833. The molecule has 2 heteroatoms. The average molecular weight is 198 g/mol. The van der Waals surface area contributed by atoms with E-state index >= 15 is 0 Å². The number of aldehydes is 1. The SMILES string of the molecule is CCCCCCCC(=O)C(C)CC=O. The van der Waals surface area contributed by atoms with E-state index in [1.807, 2.05) is 6.92 Å². The van der Waals surface area contributed by atoms with Gasteiger partial charge >= 0.3 is 0 Å². The van der Waals surface area contributed by atoms with E-state index in [9.17, 15) is 9.59 Å². The first-order chi connectivity index (χ1) is 6.72. The van der Waals surface area contributed by atoms with Gasteiger partial charge in [-0.2, -0.15) is 0 Å². The highest BCUT2D eigenvalue weighted by Gasteiger charge is 2.10. The number of rotatable bonds is 9. The van der Waals surface area contributed by atoms with Gasteiger partial charge in [0.25, 0.3) is 0 Å². The largest absolute Gasteiger partial charge is 0.303 e. The van der Waals surface area contributed by atoms with E-state index in [1.165, 1.54) is 19.3 Å². The monoisotopic (exact) mass is 198 g/mol. The van der Waals surface area contributed by atoms with Crippen LogP contribution < -0.4 is 0 Å². The summed E-state index contributed by atoms with van der Waals surface area (Å²) in [5.74, 6) is 0.173. The van der Waals surface area contributed by atoms with Gasteiger partial charge < -0.3 is 4.79 Å². The van der Waals surface area contributed by atoms with E-state index in [0.29, 0.717) is 12.8 Å². The smallest absolute Gasteiger partial charge is 0.136 e. The summed E-state index contributed by atoms with van der Waals surface area (Å²) in [6.07, 6.45) is 7.72. The number of ketones is 1. The van der Waals surface area contributed by atoms with Crippen LogP contribution in [0.5, 0.6) is 0 Å². The molecule has 0 heterocycles. The van der Waals surface area contributed by atoms with Crippen LogP contribution in [0, 0.1) is 5.92 Å². The van der Waals surface area contributed by atoms with E-state index in [4.69, 9.17) is 0 Å². The second-order valence-corrected chi connectivity index (χ2v) is 3.93. The molecule has 0 aliphatic rings. The lowest BCUT2D eigenvalue weighted by atomic mass is 9.98. The molecule has 0 rings (SSSR count). The van der Waals surface area contributed by atoms with Gasteiger partial charge in [0.05, 0.1) is 0 Å². The predicted octanol–water partition coefficient (Wildman–Crippen LogP) is 3.14. The van der Waals surface area contributed by atoms with E-state index in [2.05, 4.69) is 6.92 Å². The first-order valence-corrected chi connectivity index (χ1v) is 5.68. The second-order valence-electron chi connectivity index (χ2n) is 3.93. The van der Waals surface area contributed by atoms with Crippen LogP contribution in [-0.4, -0.2) is 12.1 Å². The van der Waals surface area contributed by atoms with Crippen LogP contribution in [0.2, 0.25) is 0 Å². The second kappa shape index (κ2) is 8.92. The molecule has 0 aromatic carbocycles. The maximum Gasteiger partial charge on any atom is 0.136 e. The molecule has 0 amide bonds. The molecule has 0 saturated carbocycles. The van der Waals surface area contributed by atoms with Crippen LogP contribution in [0.3, 0.4) is 0 Å². The molecule has 82 valence electrons. The van der Waals surface area contributed by atoms with Crippen LogP contribution in [0.25, 0.3) is 0 Å². The molecule has 0 aromatic rings.